The Kier molecular flexibility index (Phi) is 6.75. The van der Waals surface area contributed by atoms with Gasteiger partial charge >= 0.3 is 5.97 Å². The van der Waals surface area contributed by atoms with E-state index in [1.54, 1.807) is 32.1 Å². The van der Waals surface area contributed by atoms with E-state index in [9.17, 15) is 9.59 Å². The predicted octanol–water partition coefficient (Wildman–Crippen LogP) is 3.15. The number of esters is 1. The number of amides is 1. The quantitative estimate of drug-likeness (QED) is 0.672. The van der Waals surface area contributed by atoms with E-state index in [4.69, 9.17) is 14.2 Å². The Morgan fingerprint density at radius 3 is 2.48 bits per heavy atom. The Balaban J connectivity index is 1.51. The molecule has 1 atom stereocenters. The third-order valence-corrected chi connectivity index (χ3v) is 5.16. The molecule has 1 aliphatic rings. The van der Waals surface area contributed by atoms with Crippen LogP contribution in [0.1, 0.15) is 30.0 Å². The fraction of sp³-hybridized carbons (Fsp3) is 0.391. The van der Waals surface area contributed by atoms with Crippen molar-refractivity contribution in [2.75, 3.05) is 20.8 Å². The van der Waals surface area contributed by atoms with Crippen LogP contribution in [0.3, 0.4) is 0 Å². The second-order valence-electron chi connectivity index (χ2n) is 7.10. The number of methoxy groups -OCH3 is 2. The topological polar surface area (TPSA) is 65.1 Å². The van der Waals surface area contributed by atoms with Gasteiger partial charge in [-0.25, -0.2) is 0 Å². The highest BCUT2D eigenvalue weighted by Crippen LogP contribution is 2.28. The van der Waals surface area contributed by atoms with E-state index in [2.05, 4.69) is 6.07 Å². The molecule has 0 saturated carbocycles. The summed E-state index contributed by atoms with van der Waals surface area (Å²) in [6.07, 6.45) is 0.716. The number of carbonyl (C=O) groups is 2. The molecule has 0 aromatic heterocycles. The van der Waals surface area contributed by atoms with E-state index in [1.807, 2.05) is 30.3 Å². The van der Waals surface area contributed by atoms with Gasteiger partial charge in [0.2, 0.25) is 0 Å². The van der Waals surface area contributed by atoms with Crippen LogP contribution in [0, 0.1) is 0 Å². The van der Waals surface area contributed by atoms with Gasteiger partial charge in [0.25, 0.3) is 5.91 Å². The van der Waals surface area contributed by atoms with Crippen LogP contribution >= 0.6 is 0 Å². The van der Waals surface area contributed by atoms with E-state index in [0.717, 1.165) is 17.5 Å². The summed E-state index contributed by atoms with van der Waals surface area (Å²) in [5.74, 6) is 0.713. The van der Waals surface area contributed by atoms with Crippen molar-refractivity contribution in [2.45, 2.75) is 38.8 Å². The van der Waals surface area contributed by atoms with Crippen molar-refractivity contribution in [3.8, 4) is 11.5 Å². The van der Waals surface area contributed by atoms with E-state index < -0.39 is 12.1 Å². The van der Waals surface area contributed by atoms with Crippen molar-refractivity contribution in [1.29, 1.82) is 0 Å². The number of hydrogen-bond acceptors (Lipinski definition) is 5. The van der Waals surface area contributed by atoms with Crippen LogP contribution in [0.5, 0.6) is 11.5 Å². The molecule has 1 amide bonds. The first-order valence-electron chi connectivity index (χ1n) is 9.77. The highest BCUT2D eigenvalue weighted by atomic mass is 16.5. The number of carbonyl (C=O) groups excluding carboxylic acids is 2. The van der Waals surface area contributed by atoms with Gasteiger partial charge in [0.05, 0.1) is 14.2 Å². The molecule has 0 aliphatic carbocycles. The van der Waals surface area contributed by atoms with Crippen molar-refractivity contribution in [1.82, 2.24) is 4.90 Å². The number of ether oxygens (including phenoxy) is 3. The molecule has 0 N–H and O–H groups in total. The molecule has 0 saturated heterocycles. The number of nitrogens with zero attached hydrogens (tertiary/aromatic N) is 1. The number of rotatable bonds is 7. The molecule has 0 fully saturated rings. The van der Waals surface area contributed by atoms with Gasteiger partial charge in [0.15, 0.2) is 17.6 Å². The number of hydrogen-bond donors (Lipinski definition) is 0. The molecule has 3 rings (SSSR count). The first-order valence-corrected chi connectivity index (χ1v) is 9.77. The summed E-state index contributed by atoms with van der Waals surface area (Å²) in [6, 6.07) is 13.6. The molecule has 6 heteroatoms. The van der Waals surface area contributed by atoms with Crippen molar-refractivity contribution in [3.05, 3.63) is 59.2 Å². The molecular formula is C23H27NO5. The van der Waals surface area contributed by atoms with E-state index in [0.29, 0.717) is 31.0 Å². The molecule has 0 radical (unpaired) electrons. The summed E-state index contributed by atoms with van der Waals surface area (Å²) in [7, 11) is 3.15. The zero-order valence-corrected chi connectivity index (χ0v) is 17.1. The molecule has 2 aromatic rings. The smallest absolute Gasteiger partial charge is 0.306 e. The molecule has 0 unspecified atom stereocenters. The van der Waals surface area contributed by atoms with Crippen LogP contribution in [0.2, 0.25) is 0 Å². The van der Waals surface area contributed by atoms with Crippen LogP contribution in [0.4, 0.5) is 0 Å². The van der Waals surface area contributed by atoms with Crippen molar-refractivity contribution in [3.63, 3.8) is 0 Å². The maximum atomic E-state index is 12.7. The lowest BCUT2D eigenvalue weighted by Crippen LogP contribution is -2.42. The molecule has 1 aliphatic heterocycles. The largest absolute Gasteiger partial charge is 0.493 e. The Bertz CT molecular complexity index is 879. The van der Waals surface area contributed by atoms with Gasteiger partial charge in [-0.05, 0) is 48.6 Å². The minimum atomic E-state index is -0.793. The second kappa shape index (κ2) is 9.45. The molecule has 154 valence electrons. The minimum absolute atomic E-state index is 0.154. The standard InChI is InChI=1S/C23H27NO5/c1-16(23(26)24-13-12-18-6-4-5-7-19(18)15-24)29-22(25)11-9-17-8-10-20(27-2)21(14-17)28-3/h4-8,10,14,16H,9,11-13,15H2,1-3H3/t16-/m0/s1. The monoisotopic (exact) mass is 397 g/mol. The van der Waals surface area contributed by atoms with Crippen molar-refractivity contribution < 1.29 is 23.8 Å². The highest BCUT2D eigenvalue weighted by molar-refractivity contribution is 5.83. The molecule has 1 heterocycles. The summed E-state index contributed by atoms with van der Waals surface area (Å²) in [5.41, 5.74) is 3.36. The van der Waals surface area contributed by atoms with Gasteiger partial charge in [-0.1, -0.05) is 30.3 Å². The third kappa shape index (κ3) is 5.08. The van der Waals surface area contributed by atoms with Gasteiger partial charge in [0.1, 0.15) is 0 Å². The molecule has 0 spiro atoms. The van der Waals surface area contributed by atoms with Crippen LogP contribution in [0.15, 0.2) is 42.5 Å². The van der Waals surface area contributed by atoms with E-state index >= 15 is 0 Å². The maximum Gasteiger partial charge on any atom is 0.306 e. The summed E-state index contributed by atoms with van der Waals surface area (Å²) < 4.78 is 15.9. The van der Waals surface area contributed by atoms with Crippen LogP contribution in [-0.2, 0) is 33.7 Å². The van der Waals surface area contributed by atoms with Crippen molar-refractivity contribution in [2.24, 2.45) is 0 Å². The summed E-state index contributed by atoms with van der Waals surface area (Å²) in [4.78, 5) is 26.7. The average molecular weight is 397 g/mol. The molecule has 6 nitrogen and oxygen atoms in total. The minimum Gasteiger partial charge on any atom is -0.493 e. The summed E-state index contributed by atoms with van der Waals surface area (Å²) in [5, 5.41) is 0. The predicted molar refractivity (Wildman–Crippen MR) is 109 cm³/mol. The Morgan fingerprint density at radius 1 is 1.03 bits per heavy atom. The SMILES string of the molecule is COc1ccc(CCC(=O)O[C@@H](C)C(=O)N2CCc3ccccc3C2)cc1OC. The second-order valence-corrected chi connectivity index (χ2v) is 7.10. The number of benzene rings is 2. The van der Waals surface area contributed by atoms with Crippen LogP contribution in [-0.4, -0.2) is 43.6 Å². The van der Waals surface area contributed by atoms with E-state index in [1.165, 1.54) is 5.56 Å². The van der Waals surface area contributed by atoms with Gasteiger partial charge in [-0.3, -0.25) is 9.59 Å². The molecule has 29 heavy (non-hydrogen) atoms. The van der Waals surface area contributed by atoms with Gasteiger partial charge in [0, 0.05) is 19.5 Å². The Hall–Kier alpha value is -3.02. The van der Waals surface area contributed by atoms with Gasteiger partial charge < -0.3 is 19.1 Å². The molecule has 2 aromatic carbocycles. The first-order chi connectivity index (χ1) is 14.0. The van der Waals surface area contributed by atoms with Gasteiger partial charge in [-0.2, -0.15) is 0 Å². The van der Waals surface area contributed by atoms with Crippen LogP contribution in [0.25, 0.3) is 0 Å². The van der Waals surface area contributed by atoms with Gasteiger partial charge in [-0.15, -0.1) is 0 Å². The molecule has 0 bridgehead atoms. The zero-order chi connectivity index (χ0) is 20.8. The normalized spacial score (nSPS) is 14.0. The Morgan fingerprint density at radius 2 is 1.76 bits per heavy atom. The van der Waals surface area contributed by atoms with Crippen LogP contribution < -0.4 is 9.47 Å². The fourth-order valence-corrected chi connectivity index (χ4v) is 3.53. The first kappa shape index (κ1) is 20.7. The third-order valence-electron chi connectivity index (χ3n) is 5.16. The lowest BCUT2D eigenvalue weighted by atomic mass is 9.99. The average Bonchev–Trinajstić information content (AvgIpc) is 2.76. The number of fused-ring (bicyclic) bond motifs is 1. The maximum absolute atomic E-state index is 12.7. The summed E-state index contributed by atoms with van der Waals surface area (Å²) in [6.45, 7) is 2.84. The lowest BCUT2D eigenvalue weighted by molar-refractivity contribution is -0.159. The van der Waals surface area contributed by atoms with Crippen molar-refractivity contribution >= 4 is 11.9 Å². The Labute approximate surface area is 171 Å². The number of aryl methyl sites for hydroxylation is 1. The zero-order valence-electron chi connectivity index (χ0n) is 17.1. The van der Waals surface area contributed by atoms with E-state index in [-0.39, 0.29) is 12.3 Å². The summed E-state index contributed by atoms with van der Waals surface area (Å²) >= 11 is 0. The lowest BCUT2D eigenvalue weighted by Gasteiger charge is -2.30. The highest BCUT2D eigenvalue weighted by Gasteiger charge is 2.26. The molecular weight excluding hydrogens is 370 g/mol. The fourth-order valence-electron chi connectivity index (χ4n) is 3.53.